The van der Waals surface area contributed by atoms with E-state index in [1.54, 1.807) is 0 Å². The molecule has 10 aromatic carbocycles. The number of para-hydroxylation sites is 5. The van der Waals surface area contributed by atoms with Gasteiger partial charge in [-0.1, -0.05) is 194 Å². The van der Waals surface area contributed by atoms with E-state index in [9.17, 15) is 0 Å². The molecular formula is C66H46N5+. The molecule has 0 unspecified atom stereocenters. The lowest BCUT2D eigenvalue weighted by Crippen LogP contribution is -2.13. The summed E-state index contributed by atoms with van der Waals surface area (Å²) in [5.74, 6) is 0.850. The topological polar surface area (TPSA) is 30.9 Å². The Balaban J connectivity index is 1.06. The molecule has 0 aliphatic carbocycles. The van der Waals surface area contributed by atoms with Crippen molar-refractivity contribution >= 4 is 49.9 Å². The van der Waals surface area contributed by atoms with Crippen LogP contribution in [-0.4, -0.2) is 18.7 Å². The standard InChI is InChI=1S/C66H46N5/c1-5-21-47(22-6-1)55-31-13-14-32-56(55)50-41-42-67-65(43-50)71-61-36-16-15-33-59(61)60-40-39-54(45-64(60)71)70(66-57(48-23-7-2-8-24-48)34-20-35-58(66)49-25-9-3-10-26-49)53-30-19-29-52(44-53)69-46-68(51-27-11-4-12-28-51)62-37-17-18-38-63(62)69/h1-46H/q+1. The summed E-state index contributed by atoms with van der Waals surface area (Å²) >= 11 is 0. The Morgan fingerprint density at radius 1 is 0.324 bits per heavy atom. The zero-order valence-electron chi connectivity index (χ0n) is 38.8. The quantitative estimate of drug-likeness (QED) is 0.128. The first-order chi connectivity index (χ1) is 35.2. The summed E-state index contributed by atoms with van der Waals surface area (Å²) < 4.78 is 6.92. The number of hydrogen-bond donors (Lipinski definition) is 0. The molecule has 0 aliphatic heterocycles. The lowest BCUT2D eigenvalue weighted by atomic mass is 9.94. The van der Waals surface area contributed by atoms with E-state index in [0.717, 1.165) is 95.1 Å². The normalized spacial score (nSPS) is 11.4. The van der Waals surface area contributed by atoms with E-state index in [2.05, 4.69) is 292 Å². The van der Waals surface area contributed by atoms with E-state index in [-0.39, 0.29) is 0 Å². The van der Waals surface area contributed by atoms with E-state index < -0.39 is 0 Å². The van der Waals surface area contributed by atoms with E-state index in [0.29, 0.717) is 0 Å². The van der Waals surface area contributed by atoms with E-state index in [1.807, 2.05) is 6.20 Å². The molecule has 0 atom stereocenters. The molecule has 0 bridgehead atoms. The third-order valence-electron chi connectivity index (χ3n) is 13.7. The summed E-state index contributed by atoms with van der Waals surface area (Å²) in [4.78, 5) is 7.61. The van der Waals surface area contributed by atoms with Crippen molar-refractivity contribution in [2.75, 3.05) is 4.90 Å². The molecule has 0 spiro atoms. The van der Waals surface area contributed by atoms with Gasteiger partial charge >= 0.3 is 0 Å². The average molecular weight is 909 g/mol. The number of imidazole rings is 1. The van der Waals surface area contributed by atoms with Crippen LogP contribution in [-0.2, 0) is 0 Å². The van der Waals surface area contributed by atoms with Gasteiger partial charge in [0.1, 0.15) is 17.2 Å². The molecule has 0 aliphatic rings. The average Bonchev–Trinajstić information content (AvgIpc) is 4.01. The van der Waals surface area contributed by atoms with Crippen LogP contribution in [0, 0.1) is 0 Å². The van der Waals surface area contributed by atoms with Gasteiger partial charge in [0.25, 0.3) is 0 Å². The highest BCUT2D eigenvalue weighted by atomic mass is 15.2. The molecular weight excluding hydrogens is 863 g/mol. The summed E-state index contributed by atoms with van der Waals surface area (Å²) in [5.41, 5.74) is 18.8. The number of rotatable bonds is 10. The molecule has 0 N–H and O–H groups in total. The van der Waals surface area contributed by atoms with Crippen molar-refractivity contribution in [2.45, 2.75) is 0 Å². The number of aromatic nitrogens is 4. The minimum Gasteiger partial charge on any atom is -0.308 e. The van der Waals surface area contributed by atoms with Gasteiger partial charge in [-0.2, -0.15) is 9.13 Å². The molecule has 5 heteroatoms. The first kappa shape index (κ1) is 41.6. The second-order valence-corrected chi connectivity index (χ2v) is 17.8. The number of benzene rings is 10. The maximum Gasteiger partial charge on any atom is 0.168 e. The Morgan fingerprint density at radius 3 is 1.46 bits per heavy atom. The van der Waals surface area contributed by atoms with Crippen LogP contribution < -0.4 is 4.90 Å². The number of anilines is 3. The maximum absolute atomic E-state index is 5.15. The van der Waals surface area contributed by atoms with Crippen LogP contribution in [0.15, 0.2) is 279 Å². The molecule has 0 radical (unpaired) electrons. The maximum atomic E-state index is 5.15. The van der Waals surface area contributed by atoms with E-state index in [1.165, 1.54) is 16.5 Å². The van der Waals surface area contributed by atoms with Gasteiger partial charge in [-0.25, -0.2) is 4.98 Å². The smallest absolute Gasteiger partial charge is 0.168 e. The van der Waals surface area contributed by atoms with Gasteiger partial charge in [-0.3, -0.25) is 4.57 Å². The minimum absolute atomic E-state index is 0.850. The Kier molecular flexibility index (Phi) is 10.4. The lowest BCUT2D eigenvalue weighted by molar-refractivity contribution is 1.01. The molecule has 13 aromatic rings. The molecule has 0 saturated carbocycles. The largest absolute Gasteiger partial charge is 0.308 e. The van der Waals surface area contributed by atoms with Crippen molar-refractivity contribution < 1.29 is 0 Å². The van der Waals surface area contributed by atoms with E-state index in [4.69, 9.17) is 4.98 Å². The Morgan fingerprint density at radius 2 is 0.803 bits per heavy atom. The van der Waals surface area contributed by atoms with Crippen LogP contribution in [0.5, 0.6) is 0 Å². The van der Waals surface area contributed by atoms with Crippen LogP contribution in [0.2, 0.25) is 0 Å². The van der Waals surface area contributed by atoms with Gasteiger partial charge in [-0.05, 0) is 88.0 Å². The first-order valence-electron chi connectivity index (χ1n) is 24.1. The molecule has 5 nitrogen and oxygen atoms in total. The Hall–Kier alpha value is -9.58. The molecule has 0 amide bonds. The highest BCUT2D eigenvalue weighted by Gasteiger charge is 2.26. The fourth-order valence-electron chi connectivity index (χ4n) is 10.4. The van der Waals surface area contributed by atoms with Crippen molar-refractivity contribution in [3.63, 3.8) is 0 Å². The fraction of sp³-hybridized carbons (Fsp3) is 0. The summed E-state index contributed by atoms with van der Waals surface area (Å²) in [5, 5.41) is 2.32. The van der Waals surface area contributed by atoms with Gasteiger partial charge in [0.15, 0.2) is 17.4 Å². The SMILES string of the molecule is c1ccc(-c2ccccc2-c2ccnc(-n3c4ccccc4c4ccc(N(c5cccc(-n6[cH+]n(-c7ccccc7)c7ccccc76)c5)c5c(-c6ccccc6)cccc5-c5ccccc5)cc43)c2)cc1. The number of nitrogens with zero attached hydrogens (tertiary/aromatic N) is 5. The highest BCUT2D eigenvalue weighted by Crippen LogP contribution is 2.48. The number of hydrogen-bond acceptors (Lipinski definition) is 2. The molecule has 334 valence electrons. The predicted molar refractivity (Wildman–Crippen MR) is 296 cm³/mol. The van der Waals surface area contributed by atoms with Gasteiger partial charge in [0, 0.05) is 52.0 Å². The van der Waals surface area contributed by atoms with Crippen molar-refractivity contribution in [2.24, 2.45) is 0 Å². The van der Waals surface area contributed by atoms with Gasteiger partial charge < -0.3 is 4.90 Å². The van der Waals surface area contributed by atoms with Crippen molar-refractivity contribution in [1.29, 1.82) is 0 Å². The van der Waals surface area contributed by atoms with Crippen molar-refractivity contribution in [3.05, 3.63) is 279 Å². The third kappa shape index (κ3) is 7.45. The van der Waals surface area contributed by atoms with Crippen molar-refractivity contribution in [1.82, 2.24) is 18.7 Å². The molecule has 0 saturated heterocycles. The zero-order chi connectivity index (χ0) is 47.1. The molecule has 3 aromatic heterocycles. The van der Waals surface area contributed by atoms with Gasteiger partial charge in [0.2, 0.25) is 0 Å². The van der Waals surface area contributed by atoms with Gasteiger partial charge in [0.05, 0.1) is 22.4 Å². The molecule has 0 fully saturated rings. The third-order valence-corrected chi connectivity index (χ3v) is 13.7. The van der Waals surface area contributed by atoms with Gasteiger partial charge in [-0.15, -0.1) is 0 Å². The lowest BCUT2D eigenvalue weighted by Gasteiger charge is -2.30. The van der Waals surface area contributed by atoms with Crippen LogP contribution in [0.25, 0.3) is 94.5 Å². The van der Waals surface area contributed by atoms with E-state index >= 15 is 0 Å². The summed E-state index contributed by atoms with van der Waals surface area (Å²) in [7, 11) is 0. The molecule has 13 rings (SSSR count). The van der Waals surface area contributed by atoms with Crippen LogP contribution in [0.1, 0.15) is 0 Å². The number of pyridine rings is 1. The predicted octanol–water partition coefficient (Wildman–Crippen LogP) is 17.3. The molecule has 3 heterocycles. The Labute approximate surface area is 412 Å². The second-order valence-electron chi connectivity index (χ2n) is 17.8. The van der Waals surface area contributed by atoms with Crippen LogP contribution in [0.3, 0.4) is 0 Å². The first-order valence-corrected chi connectivity index (χ1v) is 24.1. The second kappa shape index (κ2) is 17.8. The highest BCUT2D eigenvalue weighted by molar-refractivity contribution is 6.11. The van der Waals surface area contributed by atoms with Crippen molar-refractivity contribution in [3.8, 4) is 61.7 Å². The summed E-state index contributed by atoms with van der Waals surface area (Å²) in [6, 6.07) is 95.7. The molecule has 71 heavy (non-hydrogen) atoms. The summed E-state index contributed by atoms with van der Waals surface area (Å²) in [6.45, 7) is 0. The van der Waals surface area contributed by atoms with Crippen LogP contribution in [0.4, 0.5) is 17.1 Å². The zero-order valence-corrected chi connectivity index (χ0v) is 38.8. The van der Waals surface area contributed by atoms with Crippen LogP contribution >= 0.6 is 0 Å². The fourth-order valence-corrected chi connectivity index (χ4v) is 10.4. The number of fused-ring (bicyclic) bond motifs is 4. The minimum atomic E-state index is 0.850. The Bertz CT molecular complexity index is 3990. The monoisotopic (exact) mass is 908 g/mol. The summed E-state index contributed by atoms with van der Waals surface area (Å²) in [6.07, 6.45) is 4.16.